The predicted octanol–water partition coefficient (Wildman–Crippen LogP) is 5.41. The molecule has 2 N–H and O–H groups in total. The smallest absolute Gasteiger partial charge is 0.238 e. The van der Waals surface area contributed by atoms with Gasteiger partial charge in [-0.3, -0.25) is 14.6 Å². The molecule has 0 saturated carbocycles. The zero-order valence-electron chi connectivity index (χ0n) is 21.9. The second kappa shape index (κ2) is 10.6. The van der Waals surface area contributed by atoms with Crippen LogP contribution in [0.4, 0.5) is 15.8 Å². The number of amides is 2. The fourth-order valence-electron chi connectivity index (χ4n) is 4.27. The van der Waals surface area contributed by atoms with Crippen molar-refractivity contribution in [1.29, 1.82) is 0 Å². The number of hydrogen-bond donors (Lipinski definition) is 2. The Hall–Kier alpha value is -3.84. The molecule has 1 atom stereocenters. The first-order valence-corrected chi connectivity index (χ1v) is 12.3. The fourth-order valence-corrected chi connectivity index (χ4v) is 4.27. The minimum absolute atomic E-state index is 0.0456. The molecule has 2 amide bonds. The van der Waals surface area contributed by atoms with Crippen molar-refractivity contribution in [2.45, 2.75) is 39.8 Å². The quantitative estimate of drug-likeness (QED) is 0.426. The van der Waals surface area contributed by atoms with Crippen molar-refractivity contribution < 1.29 is 14.0 Å². The van der Waals surface area contributed by atoms with Crippen LogP contribution in [0.2, 0.25) is 0 Å². The molecule has 1 aliphatic heterocycles. The largest absolute Gasteiger partial charge is 0.352 e. The van der Waals surface area contributed by atoms with Gasteiger partial charge in [-0.15, -0.1) is 0 Å². The summed E-state index contributed by atoms with van der Waals surface area (Å²) in [6.07, 6.45) is 0. The van der Waals surface area contributed by atoms with Gasteiger partial charge in [-0.25, -0.2) is 4.39 Å². The summed E-state index contributed by atoms with van der Waals surface area (Å²) in [7, 11) is 4.03. The van der Waals surface area contributed by atoms with Crippen molar-refractivity contribution in [1.82, 2.24) is 10.2 Å². The highest BCUT2D eigenvalue weighted by Gasteiger charge is 2.35. The molecule has 0 fully saturated rings. The van der Waals surface area contributed by atoms with Crippen LogP contribution < -0.4 is 10.6 Å². The third-order valence-electron chi connectivity index (χ3n) is 6.16. The van der Waals surface area contributed by atoms with Crippen molar-refractivity contribution in [3.8, 4) is 0 Å². The highest BCUT2D eigenvalue weighted by molar-refractivity contribution is 6.24. The van der Waals surface area contributed by atoms with E-state index in [4.69, 9.17) is 4.99 Å². The fraction of sp³-hybridized carbons (Fsp3) is 0.300. The van der Waals surface area contributed by atoms with E-state index < -0.39 is 17.2 Å². The van der Waals surface area contributed by atoms with E-state index >= 15 is 0 Å². The summed E-state index contributed by atoms with van der Waals surface area (Å²) in [6, 6.07) is 19.9. The zero-order valence-corrected chi connectivity index (χ0v) is 21.9. The molecule has 0 bridgehead atoms. The maximum atomic E-state index is 13.9. The second-order valence-corrected chi connectivity index (χ2v) is 10.7. The van der Waals surface area contributed by atoms with Crippen LogP contribution in [-0.2, 0) is 22.7 Å². The van der Waals surface area contributed by atoms with Gasteiger partial charge >= 0.3 is 0 Å². The molecule has 0 saturated heterocycles. The molecular formula is C30H33FN4O2. The highest BCUT2D eigenvalue weighted by atomic mass is 19.1. The standard InChI is InChI=1S/C30H33FN4O2/c1-30(2,3)29(37)32-17-20-7-6-8-21(15-20)27(33-23-12-9-19(10-13-23)18-35(4)5)26-24-14-11-22(31)16-25(24)34-28(26)36/h6-16,26H,17-18H2,1-5H3,(H,32,37)(H,34,36). The molecule has 4 rings (SSSR count). The summed E-state index contributed by atoms with van der Waals surface area (Å²) >= 11 is 0. The van der Waals surface area contributed by atoms with E-state index in [0.717, 1.165) is 23.2 Å². The molecule has 0 spiro atoms. The highest BCUT2D eigenvalue weighted by Crippen LogP contribution is 2.37. The van der Waals surface area contributed by atoms with Crippen LogP contribution >= 0.6 is 0 Å². The lowest BCUT2D eigenvalue weighted by molar-refractivity contribution is -0.128. The van der Waals surface area contributed by atoms with Gasteiger partial charge in [0.1, 0.15) is 11.7 Å². The van der Waals surface area contributed by atoms with Gasteiger partial charge < -0.3 is 15.5 Å². The Bertz CT molecular complexity index is 1340. The van der Waals surface area contributed by atoms with Crippen LogP contribution in [0.15, 0.2) is 71.7 Å². The lowest BCUT2D eigenvalue weighted by atomic mass is 9.90. The number of benzene rings is 3. The number of hydrogen-bond acceptors (Lipinski definition) is 4. The van der Waals surface area contributed by atoms with Crippen LogP contribution in [0.3, 0.4) is 0 Å². The Balaban J connectivity index is 1.74. The molecule has 6 nitrogen and oxygen atoms in total. The Morgan fingerprint density at radius 3 is 2.43 bits per heavy atom. The first-order valence-electron chi connectivity index (χ1n) is 12.3. The van der Waals surface area contributed by atoms with Crippen molar-refractivity contribution in [2.75, 3.05) is 19.4 Å². The molecule has 3 aromatic rings. The van der Waals surface area contributed by atoms with Crippen molar-refractivity contribution in [2.24, 2.45) is 10.4 Å². The molecule has 3 aromatic carbocycles. The van der Waals surface area contributed by atoms with Crippen molar-refractivity contribution in [3.05, 3.63) is 94.8 Å². The van der Waals surface area contributed by atoms with Crippen LogP contribution in [0, 0.1) is 11.2 Å². The van der Waals surface area contributed by atoms with E-state index in [1.54, 1.807) is 6.07 Å². The van der Waals surface area contributed by atoms with E-state index in [2.05, 4.69) is 15.5 Å². The molecular weight excluding hydrogens is 467 g/mol. The molecule has 0 aliphatic carbocycles. The monoisotopic (exact) mass is 500 g/mol. The number of nitrogens with zero attached hydrogens (tertiary/aromatic N) is 2. The molecule has 0 radical (unpaired) electrons. The number of rotatable bonds is 7. The molecule has 192 valence electrons. The molecule has 1 heterocycles. The Kier molecular flexibility index (Phi) is 7.55. The summed E-state index contributed by atoms with van der Waals surface area (Å²) in [5.74, 6) is -1.41. The number of carbonyl (C=O) groups is 2. The number of anilines is 1. The number of nitrogens with one attached hydrogen (secondary N) is 2. The predicted molar refractivity (Wildman–Crippen MR) is 146 cm³/mol. The van der Waals surface area contributed by atoms with Crippen LogP contribution in [0.1, 0.15) is 48.9 Å². The van der Waals surface area contributed by atoms with E-state index in [-0.39, 0.29) is 11.8 Å². The van der Waals surface area contributed by atoms with Gasteiger partial charge in [0.05, 0.1) is 11.4 Å². The van der Waals surface area contributed by atoms with Crippen molar-refractivity contribution in [3.63, 3.8) is 0 Å². The number of fused-ring (bicyclic) bond motifs is 1. The number of carbonyl (C=O) groups excluding carboxylic acids is 2. The van der Waals surface area contributed by atoms with Gasteiger partial charge in [0, 0.05) is 24.2 Å². The summed E-state index contributed by atoms with van der Waals surface area (Å²) in [6.45, 7) is 6.77. The molecule has 0 aromatic heterocycles. The van der Waals surface area contributed by atoms with Crippen molar-refractivity contribution >= 4 is 28.9 Å². The SMILES string of the molecule is CN(C)Cc1ccc(N=C(c2cccc(CNC(=O)C(C)(C)C)c2)C2C(=O)Nc3cc(F)ccc32)cc1. The second-order valence-electron chi connectivity index (χ2n) is 10.7. The maximum absolute atomic E-state index is 13.9. The zero-order chi connectivity index (χ0) is 26.7. The molecule has 1 unspecified atom stereocenters. The Morgan fingerprint density at radius 2 is 1.76 bits per heavy atom. The first kappa shape index (κ1) is 26.2. The summed E-state index contributed by atoms with van der Waals surface area (Å²) in [5, 5.41) is 5.78. The average molecular weight is 501 g/mol. The van der Waals surface area contributed by atoms with Gasteiger partial charge in [0.2, 0.25) is 11.8 Å². The van der Waals surface area contributed by atoms with Gasteiger partial charge in [0.25, 0.3) is 0 Å². The number of halogens is 1. The Labute approximate surface area is 217 Å². The molecule has 7 heteroatoms. The Morgan fingerprint density at radius 1 is 1.03 bits per heavy atom. The van der Waals surface area contributed by atoms with Crippen LogP contribution in [-0.4, -0.2) is 36.5 Å². The summed E-state index contributed by atoms with van der Waals surface area (Å²) in [4.78, 5) is 32.6. The summed E-state index contributed by atoms with van der Waals surface area (Å²) in [5.41, 5.74) is 4.72. The topological polar surface area (TPSA) is 73.8 Å². The molecule has 37 heavy (non-hydrogen) atoms. The summed E-state index contributed by atoms with van der Waals surface area (Å²) < 4.78 is 13.9. The third kappa shape index (κ3) is 6.30. The van der Waals surface area contributed by atoms with E-state index in [1.165, 1.54) is 12.1 Å². The minimum atomic E-state index is -0.698. The van der Waals surface area contributed by atoms with E-state index in [1.807, 2.05) is 83.4 Å². The number of aliphatic imine (C=N–C) groups is 1. The average Bonchev–Trinajstić information content (AvgIpc) is 3.15. The normalized spacial score (nSPS) is 15.5. The van der Waals surface area contributed by atoms with Gasteiger partial charge in [-0.1, -0.05) is 57.2 Å². The van der Waals surface area contributed by atoms with Gasteiger partial charge in [-0.2, -0.15) is 0 Å². The van der Waals surface area contributed by atoms with E-state index in [9.17, 15) is 14.0 Å². The maximum Gasteiger partial charge on any atom is 0.238 e. The van der Waals surface area contributed by atoms with Gasteiger partial charge in [0.15, 0.2) is 0 Å². The minimum Gasteiger partial charge on any atom is -0.352 e. The first-order chi connectivity index (χ1) is 17.5. The lowest BCUT2D eigenvalue weighted by Gasteiger charge is -2.18. The molecule has 1 aliphatic rings. The third-order valence-corrected chi connectivity index (χ3v) is 6.16. The van der Waals surface area contributed by atoms with Crippen LogP contribution in [0.25, 0.3) is 0 Å². The van der Waals surface area contributed by atoms with Gasteiger partial charge in [-0.05, 0) is 66.7 Å². The lowest BCUT2D eigenvalue weighted by Crippen LogP contribution is -2.34. The van der Waals surface area contributed by atoms with E-state index in [0.29, 0.717) is 29.2 Å². The van der Waals surface area contributed by atoms with Crippen LogP contribution in [0.5, 0.6) is 0 Å².